The Bertz CT molecular complexity index is 261. The summed E-state index contributed by atoms with van der Waals surface area (Å²) in [6.45, 7) is 9.11. The average molecular weight is 196 g/mol. The number of esters is 1. The van der Waals surface area contributed by atoms with Crippen LogP contribution in [0.2, 0.25) is 0 Å². The lowest BCUT2D eigenvalue weighted by Gasteiger charge is -2.09. The second-order valence-corrected chi connectivity index (χ2v) is 5.20. The number of hydrogen-bond acceptors (Lipinski definition) is 2. The zero-order valence-electron chi connectivity index (χ0n) is 9.54. The third-order valence-corrected chi connectivity index (χ3v) is 4.49. The number of carbonyl (C=O) groups is 1. The van der Waals surface area contributed by atoms with Gasteiger partial charge in [-0.3, -0.25) is 4.79 Å². The van der Waals surface area contributed by atoms with Gasteiger partial charge in [0.15, 0.2) is 0 Å². The molecule has 0 aromatic heterocycles. The predicted molar refractivity (Wildman–Crippen MR) is 54.7 cm³/mol. The quantitative estimate of drug-likeness (QED) is 0.648. The Hall–Kier alpha value is -0.530. The van der Waals surface area contributed by atoms with Crippen LogP contribution < -0.4 is 0 Å². The molecule has 2 saturated carbocycles. The SMILES string of the molecule is CCOC(=O)C1C(C)C1(C)C1C[C@H]1C. The van der Waals surface area contributed by atoms with Crippen LogP contribution in [0, 0.1) is 29.1 Å². The molecule has 2 nitrogen and oxygen atoms in total. The summed E-state index contributed by atoms with van der Waals surface area (Å²) in [6, 6.07) is 0. The van der Waals surface area contributed by atoms with Crippen LogP contribution in [0.3, 0.4) is 0 Å². The Kier molecular flexibility index (Phi) is 2.13. The molecule has 0 aliphatic heterocycles. The molecule has 2 aliphatic rings. The van der Waals surface area contributed by atoms with Crippen molar-refractivity contribution < 1.29 is 9.53 Å². The van der Waals surface area contributed by atoms with Crippen molar-refractivity contribution in [2.45, 2.75) is 34.1 Å². The average Bonchev–Trinajstić information content (AvgIpc) is 2.94. The molecule has 14 heavy (non-hydrogen) atoms. The fourth-order valence-electron chi connectivity index (χ4n) is 3.20. The fraction of sp³-hybridized carbons (Fsp3) is 0.917. The third kappa shape index (κ3) is 1.19. The summed E-state index contributed by atoms with van der Waals surface area (Å²) in [5.41, 5.74) is 0.256. The molecule has 0 spiro atoms. The van der Waals surface area contributed by atoms with Crippen LogP contribution in [0.25, 0.3) is 0 Å². The Morgan fingerprint density at radius 1 is 1.50 bits per heavy atom. The first kappa shape index (κ1) is 10.0. The van der Waals surface area contributed by atoms with E-state index >= 15 is 0 Å². The predicted octanol–water partition coefficient (Wildman–Crippen LogP) is 2.48. The van der Waals surface area contributed by atoms with Crippen molar-refractivity contribution in [2.75, 3.05) is 6.61 Å². The van der Waals surface area contributed by atoms with Gasteiger partial charge in [-0.15, -0.1) is 0 Å². The summed E-state index contributed by atoms with van der Waals surface area (Å²) in [6.07, 6.45) is 1.30. The molecule has 0 aromatic carbocycles. The highest BCUT2D eigenvalue weighted by Crippen LogP contribution is 2.71. The topological polar surface area (TPSA) is 26.3 Å². The third-order valence-electron chi connectivity index (χ3n) is 4.49. The highest BCUT2D eigenvalue weighted by Gasteiger charge is 2.70. The van der Waals surface area contributed by atoms with E-state index in [9.17, 15) is 4.79 Å². The summed E-state index contributed by atoms with van der Waals surface area (Å²) in [4.78, 5) is 11.6. The standard InChI is InChI=1S/C12H20O2/c1-5-14-11(13)10-8(3)12(10,4)9-6-7(9)2/h7-10H,5-6H2,1-4H3/t7-,8?,9?,10?,12?/m1/s1. The van der Waals surface area contributed by atoms with Crippen LogP contribution in [0.5, 0.6) is 0 Å². The lowest BCUT2D eigenvalue weighted by molar-refractivity contribution is -0.145. The Balaban J connectivity index is 2.00. The van der Waals surface area contributed by atoms with Gasteiger partial charge in [0.1, 0.15) is 0 Å². The Morgan fingerprint density at radius 3 is 2.50 bits per heavy atom. The van der Waals surface area contributed by atoms with Gasteiger partial charge in [-0.2, -0.15) is 0 Å². The van der Waals surface area contributed by atoms with E-state index in [0.717, 1.165) is 11.8 Å². The van der Waals surface area contributed by atoms with E-state index in [-0.39, 0.29) is 17.3 Å². The molecule has 0 amide bonds. The molecule has 2 rings (SSSR count). The molecular weight excluding hydrogens is 176 g/mol. The Morgan fingerprint density at radius 2 is 2.07 bits per heavy atom. The van der Waals surface area contributed by atoms with Crippen molar-refractivity contribution in [3.8, 4) is 0 Å². The minimum absolute atomic E-state index is 0.0293. The van der Waals surface area contributed by atoms with Gasteiger partial charge in [0.2, 0.25) is 0 Å². The van der Waals surface area contributed by atoms with Crippen LogP contribution in [0.4, 0.5) is 0 Å². The molecule has 0 bridgehead atoms. The maximum Gasteiger partial charge on any atom is 0.309 e. The van der Waals surface area contributed by atoms with Crippen molar-refractivity contribution in [1.82, 2.24) is 0 Å². The monoisotopic (exact) mass is 196 g/mol. The minimum Gasteiger partial charge on any atom is -0.466 e. The van der Waals surface area contributed by atoms with Crippen molar-refractivity contribution in [1.29, 1.82) is 0 Å². The van der Waals surface area contributed by atoms with E-state index in [4.69, 9.17) is 4.74 Å². The van der Waals surface area contributed by atoms with E-state index in [2.05, 4.69) is 20.8 Å². The zero-order valence-corrected chi connectivity index (χ0v) is 9.54. The minimum atomic E-state index is 0.0293. The second kappa shape index (κ2) is 2.98. The lowest BCUT2D eigenvalue weighted by atomic mass is 9.97. The fourth-order valence-corrected chi connectivity index (χ4v) is 3.20. The van der Waals surface area contributed by atoms with Gasteiger partial charge in [-0.1, -0.05) is 20.8 Å². The number of carbonyl (C=O) groups excluding carboxylic acids is 1. The van der Waals surface area contributed by atoms with Gasteiger partial charge in [0.05, 0.1) is 12.5 Å². The summed E-state index contributed by atoms with van der Waals surface area (Å²) < 4.78 is 5.11. The molecule has 0 N–H and O–H groups in total. The molecule has 4 unspecified atom stereocenters. The first-order valence-corrected chi connectivity index (χ1v) is 5.70. The van der Waals surface area contributed by atoms with Crippen LogP contribution in [-0.2, 0) is 9.53 Å². The van der Waals surface area contributed by atoms with E-state index < -0.39 is 0 Å². The normalized spacial score (nSPS) is 50.0. The molecular formula is C12H20O2. The van der Waals surface area contributed by atoms with Gasteiger partial charge in [-0.05, 0) is 36.5 Å². The molecule has 2 aliphatic carbocycles. The first-order chi connectivity index (χ1) is 6.53. The first-order valence-electron chi connectivity index (χ1n) is 5.70. The van der Waals surface area contributed by atoms with Crippen LogP contribution in [-0.4, -0.2) is 12.6 Å². The van der Waals surface area contributed by atoms with Crippen LogP contribution in [0.1, 0.15) is 34.1 Å². The van der Waals surface area contributed by atoms with E-state index in [1.807, 2.05) is 6.92 Å². The van der Waals surface area contributed by atoms with Gasteiger partial charge in [-0.25, -0.2) is 0 Å². The van der Waals surface area contributed by atoms with Gasteiger partial charge < -0.3 is 4.74 Å². The van der Waals surface area contributed by atoms with Crippen LogP contribution in [0.15, 0.2) is 0 Å². The van der Waals surface area contributed by atoms with Crippen molar-refractivity contribution in [3.05, 3.63) is 0 Å². The maximum atomic E-state index is 11.6. The smallest absolute Gasteiger partial charge is 0.309 e. The largest absolute Gasteiger partial charge is 0.466 e. The molecule has 0 radical (unpaired) electrons. The van der Waals surface area contributed by atoms with Crippen molar-refractivity contribution in [2.24, 2.45) is 29.1 Å². The van der Waals surface area contributed by atoms with E-state index in [1.54, 1.807) is 0 Å². The van der Waals surface area contributed by atoms with Gasteiger partial charge in [0, 0.05) is 0 Å². The summed E-state index contributed by atoms with van der Waals surface area (Å²) in [5.74, 6) is 2.32. The van der Waals surface area contributed by atoms with Gasteiger partial charge >= 0.3 is 5.97 Å². The summed E-state index contributed by atoms with van der Waals surface area (Å²) in [5, 5.41) is 0. The number of ether oxygens (including phenoxy) is 1. The second-order valence-electron chi connectivity index (χ2n) is 5.20. The molecule has 2 fully saturated rings. The molecule has 0 heterocycles. The van der Waals surface area contributed by atoms with Crippen molar-refractivity contribution >= 4 is 5.97 Å². The van der Waals surface area contributed by atoms with Crippen LogP contribution >= 0.6 is 0 Å². The van der Waals surface area contributed by atoms with E-state index in [1.165, 1.54) is 6.42 Å². The highest BCUT2D eigenvalue weighted by atomic mass is 16.5. The Labute approximate surface area is 86.0 Å². The maximum absolute atomic E-state index is 11.6. The zero-order chi connectivity index (χ0) is 10.5. The highest BCUT2D eigenvalue weighted by molar-refractivity contribution is 5.78. The molecule has 80 valence electrons. The molecule has 0 saturated heterocycles. The van der Waals surface area contributed by atoms with Gasteiger partial charge in [0.25, 0.3) is 0 Å². The molecule has 0 aromatic rings. The lowest BCUT2D eigenvalue weighted by Crippen LogP contribution is -2.13. The molecule has 2 heteroatoms. The number of hydrogen-bond donors (Lipinski definition) is 0. The summed E-state index contributed by atoms with van der Waals surface area (Å²) >= 11 is 0. The number of rotatable bonds is 3. The van der Waals surface area contributed by atoms with Crippen molar-refractivity contribution in [3.63, 3.8) is 0 Å². The van der Waals surface area contributed by atoms with E-state index in [0.29, 0.717) is 12.5 Å². The summed E-state index contributed by atoms with van der Waals surface area (Å²) in [7, 11) is 0. The molecule has 5 atom stereocenters.